The number of carbonyl (C=O) groups excluding carboxylic acids is 1. The zero-order valence-electron chi connectivity index (χ0n) is 17.1. The van der Waals surface area contributed by atoms with Crippen LogP contribution in [-0.4, -0.2) is 5.91 Å². The first-order chi connectivity index (χ1) is 15.2. The molecule has 0 heterocycles. The van der Waals surface area contributed by atoms with Crippen LogP contribution in [0.1, 0.15) is 41.5 Å². The molecule has 2 atom stereocenters. The molecule has 154 valence electrons. The van der Waals surface area contributed by atoms with Crippen molar-refractivity contribution >= 4 is 5.91 Å². The average molecular weight is 409 g/mol. The maximum atomic E-state index is 12.6. The van der Waals surface area contributed by atoms with Gasteiger partial charge in [-0.05, 0) is 28.8 Å². The summed E-state index contributed by atoms with van der Waals surface area (Å²) in [6.45, 7) is 0.457. The van der Waals surface area contributed by atoms with Crippen LogP contribution in [0.4, 0.5) is 0 Å². The Morgan fingerprint density at radius 2 is 1.52 bits per heavy atom. The number of nitriles is 2. The van der Waals surface area contributed by atoms with Crippen LogP contribution in [0.5, 0.6) is 5.75 Å². The minimum atomic E-state index is -0.769. The molecule has 0 aromatic heterocycles. The number of amides is 1. The van der Waals surface area contributed by atoms with Crippen molar-refractivity contribution < 1.29 is 9.53 Å². The number of carbonyl (C=O) groups is 1. The van der Waals surface area contributed by atoms with E-state index >= 15 is 0 Å². The highest BCUT2D eigenvalue weighted by Gasteiger charge is 2.19. The van der Waals surface area contributed by atoms with Gasteiger partial charge in [0, 0.05) is 18.8 Å². The van der Waals surface area contributed by atoms with E-state index in [2.05, 4.69) is 17.5 Å². The molecule has 0 aliphatic heterocycles. The quantitative estimate of drug-likeness (QED) is 0.537. The van der Waals surface area contributed by atoms with Gasteiger partial charge in [-0.15, -0.1) is 0 Å². The highest BCUT2D eigenvalue weighted by molar-refractivity contribution is 5.78. The summed E-state index contributed by atoms with van der Waals surface area (Å²) >= 11 is 0. The summed E-state index contributed by atoms with van der Waals surface area (Å²) in [4.78, 5) is 12.6. The molecular formula is C26H23N3O2. The fraction of sp³-hybridized carbons (Fsp3) is 0.192. The largest absolute Gasteiger partial charge is 0.489 e. The highest BCUT2D eigenvalue weighted by Crippen LogP contribution is 2.24. The molecule has 0 saturated heterocycles. The molecule has 5 nitrogen and oxygen atoms in total. The second-order valence-electron chi connectivity index (χ2n) is 7.15. The Hall–Kier alpha value is -4.09. The minimum Gasteiger partial charge on any atom is -0.489 e. The molecule has 3 rings (SSSR count). The number of nitrogens with one attached hydrogen (secondary N) is 1. The Morgan fingerprint density at radius 1 is 0.871 bits per heavy atom. The third-order valence-corrected chi connectivity index (χ3v) is 4.94. The summed E-state index contributed by atoms with van der Waals surface area (Å²) in [5.41, 5.74) is 2.69. The maximum absolute atomic E-state index is 12.6. The van der Waals surface area contributed by atoms with E-state index in [1.54, 1.807) is 24.3 Å². The molecule has 0 saturated carbocycles. The zero-order chi connectivity index (χ0) is 21.9. The van der Waals surface area contributed by atoms with Gasteiger partial charge in [0.15, 0.2) is 0 Å². The Morgan fingerprint density at radius 3 is 2.13 bits per heavy atom. The van der Waals surface area contributed by atoms with Crippen LogP contribution in [-0.2, 0) is 11.4 Å². The molecular weight excluding hydrogens is 386 g/mol. The molecule has 0 unspecified atom stereocenters. The molecule has 0 spiro atoms. The molecule has 0 fully saturated rings. The molecule has 1 N–H and O–H groups in total. The van der Waals surface area contributed by atoms with Crippen molar-refractivity contribution in [3.05, 3.63) is 102 Å². The summed E-state index contributed by atoms with van der Waals surface area (Å²) < 4.78 is 5.77. The summed E-state index contributed by atoms with van der Waals surface area (Å²) in [5.74, 6) is 0.216. The monoisotopic (exact) mass is 409 g/mol. The van der Waals surface area contributed by atoms with Crippen LogP contribution in [0.15, 0.2) is 84.9 Å². The normalized spacial score (nSPS) is 12.1. The van der Waals surface area contributed by atoms with Crippen molar-refractivity contribution in [2.45, 2.75) is 31.4 Å². The van der Waals surface area contributed by atoms with Gasteiger partial charge in [0.1, 0.15) is 18.4 Å². The Kier molecular flexibility index (Phi) is 7.80. The summed E-state index contributed by atoms with van der Waals surface area (Å²) in [6, 6.07) is 30.0. The fourth-order valence-corrected chi connectivity index (χ4v) is 3.27. The lowest BCUT2D eigenvalue weighted by Gasteiger charge is -2.17. The number of hydrogen-bond acceptors (Lipinski definition) is 4. The first-order valence-electron chi connectivity index (χ1n) is 10.1. The van der Waals surface area contributed by atoms with Gasteiger partial charge in [0.05, 0.1) is 12.1 Å². The van der Waals surface area contributed by atoms with Gasteiger partial charge in [-0.2, -0.15) is 10.5 Å². The van der Waals surface area contributed by atoms with Gasteiger partial charge in [0.25, 0.3) is 0 Å². The van der Waals surface area contributed by atoms with Crippen molar-refractivity contribution in [2.24, 2.45) is 0 Å². The van der Waals surface area contributed by atoms with E-state index in [1.165, 1.54) is 0 Å². The topological polar surface area (TPSA) is 85.9 Å². The van der Waals surface area contributed by atoms with Crippen molar-refractivity contribution in [1.29, 1.82) is 10.5 Å². The number of hydrogen-bond donors (Lipinski definition) is 1. The average Bonchev–Trinajstić information content (AvgIpc) is 2.82. The van der Waals surface area contributed by atoms with E-state index in [-0.39, 0.29) is 24.7 Å². The van der Waals surface area contributed by atoms with Crippen molar-refractivity contribution in [3.63, 3.8) is 0 Å². The number of ether oxygens (including phenoxy) is 1. The number of nitrogens with zero attached hydrogens (tertiary/aromatic N) is 2. The highest BCUT2D eigenvalue weighted by atomic mass is 16.5. The molecule has 0 aliphatic rings. The van der Waals surface area contributed by atoms with Gasteiger partial charge < -0.3 is 10.1 Å². The Labute approximate surface area is 182 Å². The van der Waals surface area contributed by atoms with E-state index < -0.39 is 6.04 Å². The predicted molar refractivity (Wildman–Crippen MR) is 118 cm³/mol. The summed E-state index contributed by atoms with van der Waals surface area (Å²) in [6.07, 6.45) is 0.385. The van der Waals surface area contributed by atoms with E-state index in [1.807, 2.05) is 60.7 Å². The van der Waals surface area contributed by atoms with Gasteiger partial charge in [-0.25, -0.2) is 0 Å². The van der Waals surface area contributed by atoms with Crippen LogP contribution in [0.3, 0.4) is 0 Å². The van der Waals surface area contributed by atoms with Crippen LogP contribution < -0.4 is 10.1 Å². The molecule has 0 radical (unpaired) electrons. The lowest BCUT2D eigenvalue weighted by molar-refractivity contribution is -0.121. The summed E-state index contributed by atoms with van der Waals surface area (Å²) in [5, 5.41) is 21.4. The molecule has 3 aromatic carbocycles. The van der Waals surface area contributed by atoms with Gasteiger partial charge in [-0.3, -0.25) is 4.79 Å². The Balaban J connectivity index is 1.59. The summed E-state index contributed by atoms with van der Waals surface area (Å²) in [7, 11) is 0. The molecule has 31 heavy (non-hydrogen) atoms. The minimum absolute atomic E-state index is 0.147. The van der Waals surface area contributed by atoms with E-state index in [0.29, 0.717) is 17.9 Å². The van der Waals surface area contributed by atoms with Gasteiger partial charge in [-0.1, -0.05) is 72.8 Å². The SMILES string of the molecule is N#CC[C@H](CC(=O)N[C@@H](C#N)c1ccc(OCc2ccccc2)cc1)c1ccccc1. The van der Waals surface area contributed by atoms with Crippen LogP contribution in [0, 0.1) is 22.7 Å². The maximum Gasteiger partial charge on any atom is 0.221 e. The molecule has 3 aromatic rings. The third kappa shape index (κ3) is 6.45. The van der Waals surface area contributed by atoms with E-state index in [9.17, 15) is 10.1 Å². The van der Waals surface area contributed by atoms with Crippen LogP contribution in [0.2, 0.25) is 0 Å². The van der Waals surface area contributed by atoms with Gasteiger partial charge in [0.2, 0.25) is 5.91 Å². The van der Waals surface area contributed by atoms with E-state index in [0.717, 1.165) is 11.1 Å². The Bertz CT molecular complexity index is 1050. The lowest BCUT2D eigenvalue weighted by atomic mass is 9.92. The van der Waals surface area contributed by atoms with E-state index in [4.69, 9.17) is 10.00 Å². The second-order valence-corrected chi connectivity index (χ2v) is 7.15. The zero-order valence-corrected chi connectivity index (χ0v) is 17.1. The molecule has 0 aliphatic carbocycles. The fourth-order valence-electron chi connectivity index (χ4n) is 3.27. The number of rotatable bonds is 9. The van der Waals surface area contributed by atoms with Crippen LogP contribution in [0.25, 0.3) is 0 Å². The molecule has 0 bridgehead atoms. The molecule has 1 amide bonds. The first-order valence-corrected chi connectivity index (χ1v) is 10.1. The predicted octanol–water partition coefficient (Wildman–Crippen LogP) is 5.03. The standard InChI is InChI=1S/C26H23N3O2/c27-16-15-23(21-9-5-2-6-10-21)17-26(30)29-25(18-28)22-11-13-24(14-12-22)31-19-20-7-3-1-4-8-20/h1-14,23,25H,15,17,19H2,(H,29,30)/t23-,25+/m1/s1. The first kappa shape index (κ1) is 21.6. The van der Waals surface area contributed by atoms with Crippen molar-refractivity contribution in [1.82, 2.24) is 5.32 Å². The smallest absolute Gasteiger partial charge is 0.221 e. The van der Waals surface area contributed by atoms with Crippen molar-refractivity contribution in [2.75, 3.05) is 0 Å². The van der Waals surface area contributed by atoms with Gasteiger partial charge >= 0.3 is 0 Å². The molecule has 5 heteroatoms. The third-order valence-electron chi connectivity index (χ3n) is 4.94. The second kappa shape index (κ2) is 11.2. The number of benzene rings is 3. The van der Waals surface area contributed by atoms with Crippen LogP contribution >= 0.6 is 0 Å². The van der Waals surface area contributed by atoms with Crippen molar-refractivity contribution in [3.8, 4) is 17.9 Å². The lowest BCUT2D eigenvalue weighted by Crippen LogP contribution is -2.28.